The molecule has 11 nitrogen and oxygen atoms in total. The van der Waals surface area contributed by atoms with Gasteiger partial charge in [0, 0.05) is 16.3 Å². The molecule has 0 radical (unpaired) electrons. The summed E-state index contributed by atoms with van der Waals surface area (Å²) in [5.41, 5.74) is -3.26. The number of nitrogens with one attached hydrogen (secondary N) is 1. The molecule has 34 heavy (non-hydrogen) atoms. The summed E-state index contributed by atoms with van der Waals surface area (Å²) in [4.78, 5) is 29.3. The van der Waals surface area contributed by atoms with E-state index < -0.39 is 51.5 Å². The Morgan fingerprint density at radius 2 is 1.94 bits per heavy atom. The summed E-state index contributed by atoms with van der Waals surface area (Å²) < 4.78 is 16.4. The van der Waals surface area contributed by atoms with E-state index >= 15 is 0 Å². The fourth-order valence-electron chi connectivity index (χ4n) is 3.98. The first-order valence-corrected chi connectivity index (χ1v) is 12.4. The largest absolute Gasteiger partial charge is 0.493 e. The second-order valence-corrected chi connectivity index (χ2v) is 10.8. The number of carbonyl (C=O) groups is 1. The Hall–Kier alpha value is -1.71. The maximum absolute atomic E-state index is 12.9. The van der Waals surface area contributed by atoms with E-state index in [-0.39, 0.29) is 22.7 Å². The van der Waals surface area contributed by atoms with Gasteiger partial charge in [-0.15, -0.1) is 0 Å². The molecule has 184 valence electrons. The van der Waals surface area contributed by atoms with Crippen LogP contribution in [0.2, 0.25) is 0 Å². The van der Waals surface area contributed by atoms with Crippen LogP contribution < -0.4 is 20.4 Å². The van der Waals surface area contributed by atoms with Crippen LogP contribution in [0.1, 0.15) is 6.42 Å². The van der Waals surface area contributed by atoms with Crippen molar-refractivity contribution in [3.63, 3.8) is 0 Å². The number of hydrogen-bond donors (Lipinski definition) is 4. The van der Waals surface area contributed by atoms with Gasteiger partial charge in [-0.05, 0) is 28.1 Å². The highest BCUT2D eigenvalue weighted by molar-refractivity contribution is 9.12. The number of ether oxygens (including phenoxy) is 2. The Kier molecular flexibility index (Phi) is 7.01. The van der Waals surface area contributed by atoms with Crippen LogP contribution in [0.3, 0.4) is 0 Å². The van der Waals surface area contributed by atoms with E-state index in [0.29, 0.717) is 15.6 Å². The van der Waals surface area contributed by atoms with Crippen molar-refractivity contribution in [2.24, 2.45) is 5.16 Å². The molecule has 1 aliphatic heterocycles. The highest BCUT2D eigenvalue weighted by atomic mass is 79.9. The number of carbonyl (C=O) groups excluding carboxylic acids is 1. The van der Waals surface area contributed by atoms with Gasteiger partial charge in [-0.1, -0.05) is 37.0 Å². The molecule has 2 aromatic rings. The van der Waals surface area contributed by atoms with Crippen LogP contribution >= 0.6 is 47.8 Å². The van der Waals surface area contributed by atoms with E-state index in [9.17, 15) is 24.9 Å². The zero-order valence-electron chi connectivity index (χ0n) is 17.6. The standard InChI is InChI=1S/C20H19Br3N2O9/c1-31-10-4-7(21)6-3-8(19(29)33-14(6)15(10)32-2)24-18(28)9-5-20(30)16(27)12(23)11(22)13(26)17(20)34-25-9/h3-4,11-13,16-17,26-27,30H,5H2,1-2H3,(H,24,28). The topological polar surface area (TPSA) is 160 Å². The second-order valence-electron chi connectivity index (χ2n) is 7.79. The second kappa shape index (κ2) is 9.39. The molecule has 14 heteroatoms. The molecule has 1 saturated carbocycles. The highest BCUT2D eigenvalue weighted by Crippen LogP contribution is 2.43. The van der Waals surface area contributed by atoms with Gasteiger partial charge in [-0.3, -0.25) is 4.79 Å². The molecule has 1 aliphatic carbocycles. The number of methoxy groups -OCH3 is 2. The zero-order valence-corrected chi connectivity index (χ0v) is 22.4. The predicted molar refractivity (Wildman–Crippen MR) is 131 cm³/mol. The minimum atomic E-state index is -2.01. The molecule has 2 aliphatic rings. The first kappa shape index (κ1) is 25.4. The van der Waals surface area contributed by atoms with Gasteiger partial charge in [0.15, 0.2) is 17.4 Å². The van der Waals surface area contributed by atoms with E-state index in [1.165, 1.54) is 20.3 Å². The highest BCUT2D eigenvalue weighted by Gasteiger charge is 2.61. The molecule has 1 amide bonds. The van der Waals surface area contributed by atoms with Gasteiger partial charge in [0.25, 0.3) is 5.91 Å². The van der Waals surface area contributed by atoms with Gasteiger partial charge in [-0.2, -0.15) is 0 Å². The van der Waals surface area contributed by atoms with Gasteiger partial charge in [0.05, 0.1) is 23.9 Å². The summed E-state index contributed by atoms with van der Waals surface area (Å²) in [5.74, 6) is -0.320. The van der Waals surface area contributed by atoms with E-state index in [1.54, 1.807) is 6.07 Å². The lowest BCUT2D eigenvalue weighted by atomic mass is 9.74. The lowest BCUT2D eigenvalue weighted by Crippen LogP contribution is -2.70. The number of alkyl halides is 2. The molecule has 1 aromatic carbocycles. The Morgan fingerprint density at radius 3 is 2.59 bits per heavy atom. The average molecular weight is 671 g/mol. The predicted octanol–water partition coefficient (Wildman–Crippen LogP) is 1.65. The van der Waals surface area contributed by atoms with Crippen molar-refractivity contribution in [3.05, 3.63) is 27.0 Å². The van der Waals surface area contributed by atoms with Crippen molar-refractivity contribution < 1.29 is 38.8 Å². The van der Waals surface area contributed by atoms with Crippen LogP contribution in [-0.2, 0) is 9.63 Å². The molecule has 0 spiro atoms. The lowest BCUT2D eigenvalue weighted by Gasteiger charge is -2.49. The Bertz CT molecular complexity index is 1240. The molecule has 1 fully saturated rings. The zero-order chi connectivity index (χ0) is 24.9. The summed E-state index contributed by atoms with van der Waals surface area (Å²) >= 11 is 9.86. The van der Waals surface area contributed by atoms with Crippen LogP contribution in [0.4, 0.5) is 5.69 Å². The quantitative estimate of drug-likeness (QED) is 0.280. The van der Waals surface area contributed by atoms with Crippen LogP contribution in [0.15, 0.2) is 31.0 Å². The van der Waals surface area contributed by atoms with Gasteiger partial charge in [-0.25, -0.2) is 4.79 Å². The number of anilines is 1. The number of oxime groups is 1. The fourth-order valence-corrected chi connectivity index (χ4v) is 5.82. The van der Waals surface area contributed by atoms with E-state index in [4.69, 9.17) is 18.7 Å². The number of hydrogen-bond acceptors (Lipinski definition) is 10. The van der Waals surface area contributed by atoms with Gasteiger partial charge in [0.1, 0.15) is 29.2 Å². The van der Waals surface area contributed by atoms with Gasteiger partial charge >= 0.3 is 5.63 Å². The average Bonchev–Trinajstić information content (AvgIpc) is 2.81. The lowest BCUT2D eigenvalue weighted by molar-refractivity contribution is -0.219. The van der Waals surface area contributed by atoms with E-state index in [0.717, 1.165) is 0 Å². The summed E-state index contributed by atoms with van der Waals surface area (Å²) in [7, 11) is 2.83. The van der Waals surface area contributed by atoms with Crippen molar-refractivity contribution in [1.29, 1.82) is 0 Å². The fraction of sp³-hybridized carbons (Fsp3) is 0.450. The molecule has 2 heterocycles. The maximum atomic E-state index is 12.9. The first-order valence-electron chi connectivity index (χ1n) is 9.82. The third-order valence-electron chi connectivity index (χ3n) is 5.80. The molecule has 4 rings (SSSR count). The Morgan fingerprint density at radius 1 is 1.24 bits per heavy atom. The number of nitrogens with zero attached hydrogens (tertiary/aromatic N) is 1. The minimum absolute atomic E-state index is 0.110. The number of benzene rings is 1. The molecular formula is C20H19Br3N2O9. The molecule has 0 bridgehead atoms. The van der Waals surface area contributed by atoms with Crippen molar-refractivity contribution in [3.8, 4) is 11.5 Å². The molecular weight excluding hydrogens is 652 g/mol. The van der Waals surface area contributed by atoms with Crippen molar-refractivity contribution >= 4 is 76.1 Å². The van der Waals surface area contributed by atoms with E-state index in [2.05, 4.69) is 58.3 Å². The maximum Gasteiger partial charge on any atom is 0.360 e. The first-order chi connectivity index (χ1) is 16.0. The number of aliphatic hydroxyl groups excluding tert-OH is 2. The number of halogens is 3. The third kappa shape index (κ3) is 4.03. The number of aliphatic hydroxyl groups is 3. The molecule has 4 N–H and O–H groups in total. The number of fused-ring (bicyclic) bond motifs is 2. The minimum Gasteiger partial charge on any atom is -0.493 e. The van der Waals surface area contributed by atoms with E-state index in [1.807, 2.05) is 0 Å². The summed E-state index contributed by atoms with van der Waals surface area (Å²) in [6.07, 6.45) is -4.32. The number of rotatable bonds is 4. The van der Waals surface area contributed by atoms with Crippen LogP contribution in [0.5, 0.6) is 11.5 Å². The smallest absolute Gasteiger partial charge is 0.360 e. The summed E-state index contributed by atoms with van der Waals surface area (Å²) in [5, 5.41) is 38.6. The SMILES string of the molecule is COc1cc(Br)c2cc(NC(=O)C3=NOC4C(O)C(Br)C(Br)C(O)C4(O)C3)c(=O)oc2c1OC. The third-order valence-corrected chi connectivity index (χ3v) is 9.35. The summed E-state index contributed by atoms with van der Waals surface area (Å²) in [6, 6.07) is 3.00. The van der Waals surface area contributed by atoms with Crippen molar-refractivity contribution in [1.82, 2.24) is 0 Å². The van der Waals surface area contributed by atoms with Gasteiger partial charge < -0.3 is 39.4 Å². The normalized spacial score (nSPS) is 30.7. The summed E-state index contributed by atoms with van der Waals surface area (Å²) in [6.45, 7) is 0. The van der Waals surface area contributed by atoms with Crippen LogP contribution in [-0.4, -0.2) is 74.7 Å². The Balaban J connectivity index is 1.65. The Labute approximate surface area is 217 Å². The molecule has 1 aromatic heterocycles. The van der Waals surface area contributed by atoms with Crippen LogP contribution in [0, 0.1) is 0 Å². The van der Waals surface area contributed by atoms with Crippen molar-refractivity contribution in [2.45, 2.75) is 40.0 Å². The van der Waals surface area contributed by atoms with Crippen LogP contribution in [0.25, 0.3) is 11.0 Å². The molecule has 0 saturated heterocycles. The monoisotopic (exact) mass is 668 g/mol. The molecule has 6 atom stereocenters. The number of amides is 1. The van der Waals surface area contributed by atoms with Crippen molar-refractivity contribution in [2.75, 3.05) is 19.5 Å². The molecule has 6 unspecified atom stereocenters. The van der Waals surface area contributed by atoms with Gasteiger partial charge in [0.2, 0.25) is 5.75 Å².